The molecule has 0 aliphatic rings. The smallest absolute Gasteiger partial charge is 0.331 e. The summed E-state index contributed by atoms with van der Waals surface area (Å²) >= 11 is 0. The third-order valence-electron chi connectivity index (χ3n) is 2.90. The topological polar surface area (TPSA) is 52.6 Å². The summed E-state index contributed by atoms with van der Waals surface area (Å²) in [7, 11) is 1.63. The molecule has 0 saturated heterocycles. The molecule has 0 fully saturated rings. The van der Waals surface area contributed by atoms with Gasteiger partial charge in [-0.2, -0.15) is 0 Å². The van der Waals surface area contributed by atoms with Crippen LogP contribution in [0.4, 0.5) is 0 Å². The van der Waals surface area contributed by atoms with Crippen LogP contribution in [0.15, 0.2) is 42.5 Å². The van der Waals surface area contributed by atoms with E-state index in [1.807, 2.05) is 36.4 Å². The van der Waals surface area contributed by atoms with Gasteiger partial charge in [-0.25, -0.2) is 4.79 Å². The van der Waals surface area contributed by atoms with E-state index in [2.05, 4.69) is 0 Å². The van der Waals surface area contributed by atoms with Crippen molar-refractivity contribution in [2.75, 3.05) is 13.7 Å². The number of carbonyl (C=O) groups excluding carboxylic acids is 2. The Hall–Kier alpha value is -2.62. The summed E-state index contributed by atoms with van der Waals surface area (Å²) in [5.41, 5.74) is 0.882. The van der Waals surface area contributed by atoms with E-state index in [0.29, 0.717) is 0 Å². The standard InChI is InChI=1S/C17H16O4/c1-12(18)11-21-17(19)8-4-13-3-5-15-10-16(20-2)7-6-14(15)9-13/h3-10H,11H2,1-2H3/b8-4+. The number of ketones is 1. The highest BCUT2D eigenvalue weighted by atomic mass is 16.5. The first-order chi connectivity index (χ1) is 10.1. The summed E-state index contributed by atoms with van der Waals surface area (Å²) in [6.07, 6.45) is 2.97. The van der Waals surface area contributed by atoms with E-state index >= 15 is 0 Å². The minimum Gasteiger partial charge on any atom is -0.497 e. The monoisotopic (exact) mass is 284 g/mol. The summed E-state index contributed by atoms with van der Waals surface area (Å²) in [6.45, 7) is 1.18. The Balaban J connectivity index is 2.12. The third-order valence-corrected chi connectivity index (χ3v) is 2.90. The van der Waals surface area contributed by atoms with Crippen LogP contribution in [0.1, 0.15) is 12.5 Å². The Labute approximate surface area is 123 Å². The molecule has 0 N–H and O–H groups in total. The van der Waals surface area contributed by atoms with Crippen molar-refractivity contribution in [1.29, 1.82) is 0 Å². The molecule has 2 aromatic rings. The van der Waals surface area contributed by atoms with E-state index in [9.17, 15) is 9.59 Å². The highest BCUT2D eigenvalue weighted by Crippen LogP contribution is 2.22. The summed E-state index contributed by atoms with van der Waals surface area (Å²) in [5.74, 6) is 0.0926. The van der Waals surface area contributed by atoms with Crippen molar-refractivity contribution in [3.8, 4) is 5.75 Å². The molecule has 0 spiro atoms. The summed E-state index contributed by atoms with van der Waals surface area (Å²) < 4.78 is 9.93. The van der Waals surface area contributed by atoms with Gasteiger partial charge in [-0.05, 0) is 47.5 Å². The zero-order chi connectivity index (χ0) is 15.2. The Kier molecular flexibility index (Phi) is 4.72. The van der Waals surface area contributed by atoms with Crippen molar-refractivity contribution in [3.63, 3.8) is 0 Å². The van der Waals surface area contributed by atoms with Crippen LogP contribution in [-0.2, 0) is 14.3 Å². The molecule has 0 heterocycles. The van der Waals surface area contributed by atoms with Crippen molar-refractivity contribution in [2.45, 2.75) is 6.92 Å². The van der Waals surface area contributed by atoms with Gasteiger partial charge < -0.3 is 9.47 Å². The lowest BCUT2D eigenvalue weighted by atomic mass is 10.1. The molecule has 108 valence electrons. The molecule has 0 aliphatic heterocycles. The second kappa shape index (κ2) is 6.70. The predicted octanol–water partition coefficient (Wildman–Crippen LogP) is 2.99. The molecule has 0 bridgehead atoms. The van der Waals surface area contributed by atoms with Crippen molar-refractivity contribution in [2.24, 2.45) is 0 Å². The first kappa shape index (κ1) is 14.8. The highest BCUT2D eigenvalue weighted by molar-refractivity contribution is 5.91. The minimum absolute atomic E-state index is 0.184. The second-order valence-corrected chi connectivity index (χ2v) is 4.62. The minimum atomic E-state index is -0.528. The van der Waals surface area contributed by atoms with Crippen LogP contribution < -0.4 is 4.74 Å². The number of hydrogen-bond donors (Lipinski definition) is 0. The van der Waals surface area contributed by atoms with Crippen LogP contribution >= 0.6 is 0 Å². The molecule has 0 aromatic heterocycles. The van der Waals surface area contributed by atoms with Gasteiger partial charge >= 0.3 is 5.97 Å². The SMILES string of the molecule is COc1ccc2cc(/C=C/C(=O)OCC(C)=O)ccc2c1. The van der Waals surface area contributed by atoms with Gasteiger partial charge in [0.15, 0.2) is 5.78 Å². The maximum Gasteiger partial charge on any atom is 0.331 e. The molecule has 0 radical (unpaired) electrons. The first-order valence-electron chi connectivity index (χ1n) is 6.50. The number of rotatable bonds is 5. The summed E-state index contributed by atoms with van der Waals surface area (Å²) in [4.78, 5) is 22.1. The Bertz CT molecular complexity index is 701. The van der Waals surface area contributed by atoms with Crippen LogP contribution in [0, 0.1) is 0 Å². The van der Waals surface area contributed by atoms with Crippen LogP contribution in [0.5, 0.6) is 5.75 Å². The molecule has 0 aliphatic carbocycles. The van der Waals surface area contributed by atoms with Crippen molar-refractivity contribution < 1.29 is 19.1 Å². The largest absolute Gasteiger partial charge is 0.497 e. The van der Waals surface area contributed by atoms with E-state index < -0.39 is 5.97 Å². The van der Waals surface area contributed by atoms with Crippen LogP contribution in [0.3, 0.4) is 0 Å². The van der Waals surface area contributed by atoms with E-state index in [1.165, 1.54) is 13.0 Å². The van der Waals surface area contributed by atoms with Crippen molar-refractivity contribution >= 4 is 28.6 Å². The Morgan fingerprint density at radius 1 is 1.10 bits per heavy atom. The van der Waals surface area contributed by atoms with Gasteiger partial charge in [0.2, 0.25) is 0 Å². The van der Waals surface area contributed by atoms with Crippen molar-refractivity contribution in [3.05, 3.63) is 48.0 Å². The summed E-state index contributed by atoms with van der Waals surface area (Å²) in [6, 6.07) is 11.6. The normalized spacial score (nSPS) is 10.8. The van der Waals surface area contributed by atoms with E-state index in [0.717, 1.165) is 22.1 Å². The van der Waals surface area contributed by atoms with Gasteiger partial charge in [-0.1, -0.05) is 18.2 Å². The molecular weight excluding hydrogens is 268 g/mol. The molecule has 21 heavy (non-hydrogen) atoms. The highest BCUT2D eigenvalue weighted by Gasteiger charge is 2.00. The van der Waals surface area contributed by atoms with Gasteiger partial charge in [0.05, 0.1) is 7.11 Å². The zero-order valence-corrected chi connectivity index (χ0v) is 12.0. The maximum absolute atomic E-state index is 11.4. The number of Topliss-reactive ketones (excluding diaryl/α,β-unsaturated/α-hetero) is 1. The Morgan fingerprint density at radius 2 is 1.81 bits per heavy atom. The lowest BCUT2D eigenvalue weighted by Crippen LogP contribution is -2.08. The van der Waals surface area contributed by atoms with Gasteiger partial charge in [-0.3, -0.25) is 4.79 Å². The predicted molar refractivity (Wildman–Crippen MR) is 81.2 cm³/mol. The maximum atomic E-state index is 11.4. The summed E-state index contributed by atoms with van der Waals surface area (Å²) in [5, 5.41) is 2.11. The average Bonchev–Trinajstić information content (AvgIpc) is 2.50. The van der Waals surface area contributed by atoms with Gasteiger partial charge in [0.25, 0.3) is 0 Å². The lowest BCUT2D eigenvalue weighted by molar-refractivity contribution is -0.142. The molecule has 2 aromatic carbocycles. The number of esters is 1. The number of fused-ring (bicyclic) bond motifs is 1. The van der Waals surface area contributed by atoms with E-state index in [-0.39, 0.29) is 12.4 Å². The molecule has 4 nitrogen and oxygen atoms in total. The van der Waals surface area contributed by atoms with Gasteiger partial charge in [0.1, 0.15) is 12.4 Å². The van der Waals surface area contributed by atoms with Gasteiger partial charge in [-0.15, -0.1) is 0 Å². The fourth-order valence-electron chi connectivity index (χ4n) is 1.86. The molecular formula is C17H16O4. The van der Waals surface area contributed by atoms with Crippen LogP contribution in [-0.4, -0.2) is 25.5 Å². The van der Waals surface area contributed by atoms with Gasteiger partial charge in [0, 0.05) is 6.08 Å². The number of carbonyl (C=O) groups is 2. The van der Waals surface area contributed by atoms with E-state index in [1.54, 1.807) is 13.2 Å². The zero-order valence-electron chi connectivity index (χ0n) is 12.0. The average molecular weight is 284 g/mol. The van der Waals surface area contributed by atoms with Crippen LogP contribution in [0.25, 0.3) is 16.8 Å². The fraction of sp³-hybridized carbons (Fsp3) is 0.176. The lowest BCUT2D eigenvalue weighted by Gasteiger charge is -2.03. The van der Waals surface area contributed by atoms with Crippen molar-refractivity contribution in [1.82, 2.24) is 0 Å². The second-order valence-electron chi connectivity index (χ2n) is 4.62. The number of benzene rings is 2. The molecule has 0 saturated carbocycles. The third kappa shape index (κ3) is 4.18. The Morgan fingerprint density at radius 3 is 2.52 bits per heavy atom. The number of methoxy groups -OCH3 is 1. The quantitative estimate of drug-likeness (QED) is 0.625. The molecule has 4 heteroatoms. The molecule has 0 amide bonds. The molecule has 2 rings (SSSR count). The molecule has 0 atom stereocenters. The fourth-order valence-corrected chi connectivity index (χ4v) is 1.86. The van der Waals surface area contributed by atoms with Crippen LogP contribution in [0.2, 0.25) is 0 Å². The van der Waals surface area contributed by atoms with E-state index in [4.69, 9.17) is 9.47 Å². The molecule has 0 unspecified atom stereocenters. The number of ether oxygens (including phenoxy) is 2. The number of hydrogen-bond acceptors (Lipinski definition) is 4. The first-order valence-corrected chi connectivity index (χ1v) is 6.50.